The van der Waals surface area contributed by atoms with Gasteiger partial charge in [-0.2, -0.15) is 0 Å². The lowest BCUT2D eigenvalue weighted by atomic mass is 10.0. The zero-order valence-corrected chi connectivity index (χ0v) is 26.2. The van der Waals surface area contributed by atoms with Crippen molar-refractivity contribution in [3.05, 3.63) is 70.9 Å². The predicted molar refractivity (Wildman–Crippen MR) is 170 cm³/mol. The highest BCUT2D eigenvalue weighted by molar-refractivity contribution is 7.15. The number of amides is 1. The van der Waals surface area contributed by atoms with Crippen molar-refractivity contribution in [3.8, 4) is 32.0 Å². The molecule has 2 aromatic carbocycles. The van der Waals surface area contributed by atoms with E-state index in [0.717, 1.165) is 59.4 Å². The minimum absolute atomic E-state index is 0.234. The third-order valence-electron chi connectivity index (χ3n) is 6.90. The zero-order chi connectivity index (χ0) is 28.5. The number of benzene rings is 2. The van der Waals surface area contributed by atoms with Crippen molar-refractivity contribution in [2.45, 2.75) is 66.5 Å². The summed E-state index contributed by atoms with van der Waals surface area (Å²) in [4.78, 5) is 28.7. The third-order valence-corrected chi connectivity index (χ3v) is 8.96. The summed E-state index contributed by atoms with van der Waals surface area (Å²) in [5, 5.41) is 2.15. The Kier molecular flexibility index (Phi) is 11.0. The first kappa shape index (κ1) is 30.1. The zero-order valence-electron chi connectivity index (χ0n) is 24.5. The summed E-state index contributed by atoms with van der Waals surface area (Å²) in [6, 6.07) is 17.5. The molecular formula is C33H42N4OS2. The van der Waals surface area contributed by atoms with Crippen LogP contribution in [0.25, 0.3) is 32.0 Å². The Hall–Kier alpha value is -2.87. The van der Waals surface area contributed by atoms with E-state index in [9.17, 15) is 4.79 Å². The molecule has 0 N–H and O–H groups in total. The van der Waals surface area contributed by atoms with Crippen molar-refractivity contribution in [1.82, 2.24) is 19.8 Å². The van der Waals surface area contributed by atoms with E-state index in [0.29, 0.717) is 18.9 Å². The second-order valence-electron chi connectivity index (χ2n) is 10.9. The largest absolute Gasteiger partial charge is 0.336 e. The molecule has 0 saturated carbocycles. The van der Waals surface area contributed by atoms with Crippen LogP contribution in [0.15, 0.2) is 60.9 Å². The van der Waals surface area contributed by atoms with E-state index in [1.165, 1.54) is 21.6 Å². The molecule has 0 radical (unpaired) electrons. The highest BCUT2D eigenvalue weighted by Gasteiger charge is 2.16. The minimum Gasteiger partial charge on any atom is -0.336 e. The van der Waals surface area contributed by atoms with Gasteiger partial charge in [0, 0.05) is 25.4 Å². The fraction of sp³-hybridized carbons (Fsp3) is 0.424. The first-order chi connectivity index (χ1) is 19.4. The summed E-state index contributed by atoms with van der Waals surface area (Å²) in [5.41, 5.74) is 4.75. The average Bonchev–Trinajstić information content (AvgIpc) is 3.62. The van der Waals surface area contributed by atoms with E-state index in [2.05, 4.69) is 98.1 Å². The molecule has 5 nitrogen and oxygen atoms in total. The average molecular weight is 575 g/mol. The molecule has 0 aliphatic heterocycles. The first-order valence-corrected chi connectivity index (χ1v) is 16.1. The van der Waals surface area contributed by atoms with Gasteiger partial charge in [-0.05, 0) is 61.0 Å². The lowest BCUT2D eigenvalue weighted by molar-refractivity contribution is -0.132. The van der Waals surface area contributed by atoms with E-state index in [1.54, 1.807) is 22.7 Å². The molecule has 0 unspecified atom stereocenters. The minimum atomic E-state index is 0.234. The van der Waals surface area contributed by atoms with E-state index in [1.807, 2.05) is 17.3 Å². The highest BCUT2D eigenvalue weighted by Crippen LogP contribution is 2.32. The number of thiazole rings is 2. The molecule has 1 amide bonds. The maximum Gasteiger partial charge on any atom is 0.222 e. The molecule has 2 aromatic heterocycles. The number of carbonyl (C=O) groups excluding carboxylic acids is 1. The lowest BCUT2D eigenvalue weighted by Gasteiger charge is -2.21. The van der Waals surface area contributed by atoms with E-state index < -0.39 is 0 Å². The number of hydrogen-bond donors (Lipinski definition) is 0. The van der Waals surface area contributed by atoms with E-state index in [-0.39, 0.29) is 5.91 Å². The molecule has 0 aliphatic carbocycles. The van der Waals surface area contributed by atoms with Crippen molar-refractivity contribution >= 4 is 28.6 Å². The van der Waals surface area contributed by atoms with Gasteiger partial charge >= 0.3 is 0 Å². The Labute approximate surface area is 247 Å². The van der Waals surface area contributed by atoms with E-state index >= 15 is 0 Å². The molecule has 212 valence electrons. The van der Waals surface area contributed by atoms with Gasteiger partial charge in [0.05, 0.1) is 22.8 Å². The standard InChI is InChI=1S/C33H42N4OS2/c1-6-18-36(5)22-31-34-20-29(39-31)27-13-9-25(10-14-27)26-11-15-28(16-12-26)30-21-35-32(40-30)23-37(19-7-2)33(38)17-8-24(3)4/h9-16,20-21,24H,6-8,17-19,22-23H2,1-5H3. The number of aromatic nitrogens is 2. The quantitative estimate of drug-likeness (QED) is 0.151. The summed E-state index contributed by atoms with van der Waals surface area (Å²) >= 11 is 3.45. The SMILES string of the molecule is CCCN(C)Cc1ncc(-c2ccc(-c3ccc(-c4cnc(CN(CCC)C(=O)CCC(C)C)s4)cc3)cc2)s1. The fourth-order valence-corrected chi connectivity index (χ4v) is 6.62. The topological polar surface area (TPSA) is 49.3 Å². The summed E-state index contributed by atoms with van der Waals surface area (Å²) < 4.78 is 0. The van der Waals surface area contributed by atoms with Gasteiger partial charge < -0.3 is 4.90 Å². The summed E-state index contributed by atoms with van der Waals surface area (Å²) in [7, 11) is 2.15. The summed E-state index contributed by atoms with van der Waals surface area (Å²) in [6.45, 7) is 12.0. The van der Waals surface area contributed by atoms with E-state index in [4.69, 9.17) is 0 Å². The third kappa shape index (κ3) is 8.32. The second kappa shape index (κ2) is 14.7. The van der Waals surface area contributed by atoms with Crippen molar-refractivity contribution < 1.29 is 4.79 Å². The number of hydrogen-bond acceptors (Lipinski definition) is 6. The maximum absolute atomic E-state index is 12.8. The Bertz CT molecular complexity index is 1340. The van der Waals surface area contributed by atoms with Crippen LogP contribution in [-0.2, 0) is 17.9 Å². The number of nitrogens with zero attached hydrogens (tertiary/aromatic N) is 4. The monoisotopic (exact) mass is 574 g/mol. The van der Waals surface area contributed by atoms with Crippen LogP contribution < -0.4 is 0 Å². The fourth-order valence-electron chi connectivity index (χ4n) is 4.67. The van der Waals surface area contributed by atoms with Gasteiger partial charge in [-0.1, -0.05) is 76.2 Å². The van der Waals surface area contributed by atoms with Gasteiger partial charge in [-0.25, -0.2) is 9.97 Å². The van der Waals surface area contributed by atoms with Crippen molar-refractivity contribution in [3.63, 3.8) is 0 Å². The second-order valence-corrected chi connectivity index (χ2v) is 13.1. The van der Waals surface area contributed by atoms with Gasteiger partial charge in [0.1, 0.15) is 10.0 Å². The number of carbonyl (C=O) groups is 1. The Morgan fingerprint density at radius 3 is 1.70 bits per heavy atom. The van der Waals surface area contributed by atoms with Crippen LogP contribution in [0.5, 0.6) is 0 Å². The summed E-state index contributed by atoms with van der Waals surface area (Å²) in [6.07, 6.45) is 7.59. The first-order valence-electron chi connectivity index (χ1n) is 14.4. The van der Waals surface area contributed by atoms with Crippen molar-refractivity contribution in [1.29, 1.82) is 0 Å². The normalized spacial score (nSPS) is 11.5. The van der Waals surface area contributed by atoms with Gasteiger partial charge in [0.15, 0.2) is 0 Å². The Morgan fingerprint density at radius 2 is 1.23 bits per heavy atom. The molecule has 2 heterocycles. The van der Waals surface area contributed by atoms with Crippen molar-refractivity contribution in [2.75, 3.05) is 20.1 Å². The molecule has 4 aromatic rings. The number of rotatable bonds is 14. The molecule has 0 bridgehead atoms. The Balaban J connectivity index is 1.39. The van der Waals surface area contributed by atoms with Gasteiger partial charge in [-0.3, -0.25) is 9.69 Å². The van der Waals surface area contributed by atoms with Gasteiger partial charge in [0.25, 0.3) is 0 Å². The molecule has 0 saturated heterocycles. The molecule has 0 aliphatic rings. The van der Waals surface area contributed by atoms with Crippen LogP contribution in [0.4, 0.5) is 0 Å². The van der Waals surface area contributed by atoms with Gasteiger partial charge in [-0.15, -0.1) is 22.7 Å². The maximum atomic E-state index is 12.8. The molecule has 7 heteroatoms. The molecule has 4 rings (SSSR count). The summed E-state index contributed by atoms with van der Waals surface area (Å²) in [5.74, 6) is 0.770. The van der Waals surface area contributed by atoms with Crippen LogP contribution >= 0.6 is 22.7 Å². The van der Waals surface area contributed by atoms with Gasteiger partial charge in [0.2, 0.25) is 5.91 Å². The predicted octanol–water partition coefficient (Wildman–Crippen LogP) is 8.62. The molecule has 0 spiro atoms. The lowest BCUT2D eigenvalue weighted by Crippen LogP contribution is -2.31. The smallest absolute Gasteiger partial charge is 0.222 e. The highest BCUT2D eigenvalue weighted by atomic mass is 32.1. The molecule has 0 fully saturated rings. The van der Waals surface area contributed by atoms with Crippen molar-refractivity contribution in [2.24, 2.45) is 5.92 Å². The van der Waals surface area contributed by atoms with Crippen LogP contribution in [0.2, 0.25) is 0 Å². The molecule has 0 atom stereocenters. The van der Waals surface area contributed by atoms with Crippen LogP contribution in [0, 0.1) is 5.92 Å². The molecule has 40 heavy (non-hydrogen) atoms. The van der Waals surface area contributed by atoms with Crippen LogP contribution in [-0.4, -0.2) is 45.8 Å². The van der Waals surface area contributed by atoms with Crippen LogP contribution in [0.3, 0.4) is 0 Å². The molecular weight excluding hydrogens is 533 g/mol. The Morgan fingerprint density at radius 1 is 0.750 bits per heavy atom. The van der Waals surface area contributed by atoms with Crippen LogP contribution in [0.1, 0.15) is 63.4 Å².